The predicted molar refractivity (Wildman–Crippen MR) is 119 cm³/mol. The summed E-state index contributed by atoms with van der Waals surface area (Å²) in [7, 11) is 1.45. The van der Waals surface area contributed by atoms with Crippen molar-refractivity contribution >= 4 is 29.8 Å². The molecular weight excluding hydrogens is 454 g/mol. The second kappa shape index (κ2) is 15.2. The van der Waals surface area contributed by atoms with Gasteiger partial charge < -0.3 is 25.7 Å². The molecule has 1 fully saturated rings. The van der Waals surface area contributed by atoms with E-state index in [1.807, 2.05) is 0 Å². The first-order valence-corrected chi connectivity index (χ1v) is 11.0. The Kier molecular flexibility index (Phi) is 13.0. The molecule has 1 aliphatic heterocycles. The maximum Gasteiger partial charge on any atom is 0.320 e. The topological polar surface area (TPSA) is 191 Å². The third-order valence-corrected chi connectivity index (χ3v) is 5.60. The lowest BCUT2D eigenvalue weighted by atomic mass is 10.1. The highest BCUT2D eigenvalue weighted by Crippen LogP contribution is 2.10. The van der Waals surface area contributed by atoms with E-state index in [1.165, 1.54) is 7.05 Å². The number of carboxylic acids is 4. The third kappa shape index (κ3) is 11.9. The SMILES string of the molecule is CNC(=O)CC[C@H](C(=O)O)N1CCN(CC(=O)O)CCN(CC(=O)O)CCN(CC(=O)O)CC1. The molecule has 0 spiro atoms. The van der Waals surface area contributed by atoms with Crippen LogP contribution in [0.1, 0.15) is 12.8 Å². The lowest BCUT2D eigenvalue weighted by Crippen LogP contribution is -2.52. The molecule has 34 heavy (non-hydrogen) atoms. The summed E-state index contributed by atoms with van der Waals surface area (Å²) in [6.07, 6.45) is 0.0328. The molecule has 1 atom stereocenters. The highest BCUT2D eigenvalue weighted by molar-refractivity contribution is 5.78. The Morgan fingerprint density at radius 2 is 1.03 bits per heavy atom. The lowest BCUT2D eigenvalue weighted by molar-refractivity contribution is -0.145. The van der Waals surface area contributed by atoms with Crippen LogP contribution in [0.15, 0.2) is 0 Å². The second-order valence-corrected chi connectivity index (χ2v) is 8.11. The number of nitrogens with zero attached hydrogens (tertiary/aromatic N) is 4. The van der Waals surface area contributed by atoms with Gasteiger partial charge in [-0.15, -0.1) is 0 Å². The van der Waals surface area contributed by atoms with Gasteiger partial charge in [0.1, 0.15) is 6.04 Å². The van der Waals surface area contributed by atoms with Gasteiger partial charge in [0.05, 0.1) is 19.6 Å². The summed E-state index contributed by atoms with van der Waals surface area (Å²) in [6.45, 7) is 0.880. The molecule has 0 unspecified atom stereocenters. The number of rotatable bonds is 11. The van der Waals surface area contributed by atoms with Crippen molar-refractivity contribution in [3.05, 3.63) is 0 Å². The van der Waals surface area contributed by atoms with Crippen LogP contribution in [0.4, 0.5) is 0 Å². The van der Waals surface area contributed by atoms with E-state index >= 15 is 0 Å². The molecule has 1 aliphatic rings. The Morgan fingerprint density at radius 1 is 0.676 bits per heavy atom. The molecule has 0 saturated carbocycles. The summed E-state index contributed by atoms with van der Waals surface area (Å²) in [5, 5.41) is 39.9. The molecule has 0 aromatic rings. The van der Waals surface area contributed by atoms with Gasteiger partial charge in [0.15, 0.2) is 0 Å². The number of hydrogen-bond donors (Lipinski definition) is 5. The highest BCUT2D eigenvalue weighted by Gasteiger charge is 2.28. The van der Waals surface area contributed by atoms with Gasteiger partial charge >= 0.3 is 23.9 Å². The van der Waals surface area contributed by atoms with Gasteiger partial charge in [0, 0.05) is 65.8 Å². The molecule has 14 nitrogen and oxygen atoms in total. The largest absolute Gasteiger partial charge is 0.480 e. The van der Waals surface area contributed by atoms with Crippen molar-refractivity contribution in [2.24, 2.45) is 0 Å². The summed E-state index contributed by atoms with van der Waals surface area (Å²) < 4.78 is 0. The molecular formula is C20H35N5O9. The molecule has 0 aromatic heterocycles. The molecule has 0 bridgehead atoms. The van der Waals surface area contributed by atoms with Crippen LogP contribution < -0.4 is 5.32 Å². The zero-order chi connectivity index (χ0) is 25.7. The number of nitrogens with one attached hydrogen (secondary N) is 1. The summed E-state index contributed by atoms with van der Waals surface area (Å²) in [4.78, 5) is 64.0. The predicted octanol–water partition coefficient (Wildman–Crippen LogP) is -2.56. The molecule has 1 saturated heterocycles. The Bertz CT molecular complexity index is 689. The van der Waals surface area contributed by atoms with Gasteiger partial charge in [-0.2, -0.15) is 0 Å². The Morgan fingerprint density at radius 3 is 1.32 bits per heavy atom. The van der Waals surface area contributed by atoms with Crippen molar-refractivity contribution in [1.29, 1.82) is 0 Å². The Hall–Kier alpha value is -2.81. The second-order valence-electron chi connectivity index (χ2n) is 8.11. The fourth-order valence-electron chi connectivity index (χ4n) is 3.77. The summed E-state index contributed by atoms with van der Waals surface area (Å²) in [6, 6.07) is -1.01. The van der Waals surface area contributed by atoms with Crippen molar-refractivity contribution in [3.63, 3.8) is 0 Å². The lowest BCUT2D eigenvalue weighted by Gasteiger charge is -2.35. The molecule has 5 N–H and O–H groups in total. The first-order chi connectivity index (χ1) is 16.0. The van der Waals surface area contributed by atoms with Crippen molar-refractivity contribution in [1.82, 2.24) is 24.9 Å². The quantitative estimate of drug-likeness (QED) is 0.204. The van der Waals surface area contributed by atoms with E-state index in [0.717, 1.165) is 0 Å². The van der Waals surface area contributed by atoms with E-state index in [4.69, 9.17) is 0 Å². The minimum atomic E-state index is -1.13. The van der Waals surface area contributed by atoms with Crippen LogP contribution in [-0.2, 0) is 24.0 Å². The first-order valence-electron chi connectivity index (χ1n) is 11.0. The maximum absolute atomic E-state index is 12.0. The zero-order valence-corrected chi connectivity index (χ0v) is 19.4. The van der Waals surface area contributed by atoms with Crippen molar-refractivity contribution < 1.29 is 44.4 Å². The van der Waals surface area contributed by atoms with Crippen molar-refractivity contribution in [2.45, 2.75) is 18.9 Å². The van der Waals surface area contributed by atoms with E-state index < -0.39 is 29.9 Å². The van der Waals surface area contributed by atoms with Gasteiger partial charge in [0.2, 0.25) is 5.91 Å². The summed E-state index contributed by atoms with van der Waals surface area (Å²) in [5.74, 6) is -4.61. The van der Waals surface area contributed by atoms with Crippen LogP contribution in [0.25, 0.3) is 0 Å². The van der Waals surface area contributed by atoms with Crippen LogP contribution >= 0.6 is 0 Å². The van der Waals surface area contributed by atoms with Crippen LogP contribution in [0, 0.1) is 0 Å². The molecule has 14 heteroatoms. The monoisotopic (exact) mass is 489 g/mol. The normalized spacial score (nSPS) is 18.9. The minimum Gasteiger partial charge on any atom is -0.480 e. The molecule has 0 aliphatic carbocycles. The smallest absolute Gasteiger partial charge is 0.320 e. The molecule has 0 aromatic carbocycles. The molecule has 194 valence electrons. The Balaban J connectivity index is 3.11. The standard InChI is InChI=1S/C20H35N5O9/c1-21-16(26)3-2-15(20(33)34)25-10-8-23(13-18(29)30)6-4-22(12-17(27)28)5-7-24(9-11-25)14-19(31)32/h15H,2-14H2,1H3,(H,21,26)(H,27,28)(H,29,30)(H,31,32)(H,33,34)/t15-/m1/s1. The van der Waals surface area contributed by atoms with Gasteiger partial charge in [-0.25, -0.2) is 0 Å². The van der Waals surface area contributed by atoms with Crippen LogP contribution in [0.3, 0.4) is 0 Å². The molecule has 1 rings (SSSR count). The number of aliphatic carboxylic acids is 4. The minimum absolute atomic E-state index is 0.00814. The molecule has 1 heterocycles. The van der Waals surface area contributed by atoms with Crippen LogP contribution in [0.2, 0.25) is 0 Å². The summed E-state index contributed by atoms with van der Waals surface area (Å²) >= 11 is 0. The number of carbonyl (C=O) groups excluding carboxylic acids is 1. The fourth-order valence-corrected chi connectivity index (χ4v) is 3.77. The van der Waals surface area contributed by atoms with Gasteiger partial charge in [-0.1, -0.05) is 0 Å². The van der Waals surface area contributed by atoms with Crippen molar-refractivity contribution in [2.75, 3.05) is 79.0 Å². The Labute approximate surface area is 197 Å². The molecule has 1 amide bonds. The van der Waals surface area contributed by atoms with Gasteiger partial charge in [-0.3, -0.25) is 43.6 Å². The van der Waals surface area contributed by atoms with Crippen LogP contribution in [-0.4, -0.2) is 155 Å². The summed E-state index contributed by atoms with van der Waals surface area (Å²) in [5.41, 5.74) is 0. The fraction of sp³-hybridized carbons (Fsp3) is 0.750. The number of carboxylic acid groups (broad SMARTS) is 4. The van der Waals surface area contributed by atoms with Crippen molar-refractivity contribution in [3.8, 4) is 0 Å². The number of carbonyl (C=O) groups is 5. The third-order valence-electron chi connectivity index (χ3n) is 5.60. The number of hydrogen-bond acceptors (Lipinski definition) is 9. The van der Waals surface area contributed by atoms with E-state index in [0.29, 0.717) is 0 Å². The molecule has 0 radical (unpaired) electrons. The van der Waals surface area contributed by atoms with E-state index in [-0.39, 0.29) is 90.7 Å². The van der Waals surface area contributed by atoms with E-state index in [2.05, 4.69) is 5.32 Å². The van der Waals surface area contributed by atoms with E-state index in [9.17, 15) is 44.4 Å². The first kappa shape index (κ1) is 29.2. The zero-order valence-electron chi connectivity index (χ0n) is 19.4. The van der Waals surface area contributed by atoms with Gasteiger partial charge in [0.25, 0.3) is 0 Å². The van der Waals surface area contributed by atoms with E-state index in [1.54, 1.807) is 19.6 Å². The highest BCUT2D eigenvalue weighted by atomic mass is 16.4. The average Bonchev–Trinajstić information content (AvgIpc) is 2.73. The average molecular weight is 490 g/mol. The number of amides is 1. The van der Waals surface area contributed by atoms with Gasteiger partial charge in [-0.05, 0) is 6.42 Å². The maximum atomic E-state index is 12.0. The van der Waals surface area contributed by atoms with Crippen LogP contribution in [0.5, 0.6) is 0 Å².